The number of hydrogen-bond acceptors (Lipinski definition) is 1. The fraction of sp³-hybridized carbons (Fsp3) is 0.200. The molecule has 0 N–H and O–H groups in total. The summed E-state index contributed by atoms with van der Waals surface area (Å²) in [5.74, 6) is 1.24. The van der Waals surface area contributed by atoms with E-state index in [9.17, 15) is 4.39 Å². The first kappa shape index (κ1) is 13.1. The Morgan fingerprint density at radius 1 is 1.06 bits per heavy atom. The van der Waals surface area contributed by atoms with Crippen LogP contribution < -0.4 is 4.74 Å². The van der Waals surface area contributed by atoms with Crippen molar-refractivity contribution in [1.82, 2.24) is 0 Å². The molecule has 18 heavy (non-hydrogen) atoms. The van der Waals surface area contributed by atoms with Crippen LogP contribution in [-0.4, -0.2) is 0 Å². The van der Waals surface area contributed by atoms with E-state index < -0.39 is 0 Å². The minimum Gasteiger partial charge on any atom is -0.457 e. The molecule has 0 unspecified atom stereocenters. The summed E-state index contributed by atoms with van der Waals surface area (Å²) in [5.41, 5.74) is 3.06. The van der Waals surface area contributed by atoms with Crippen molar-refractivity contribution in [3.63, 3.8) is 0 Å². The van der Waals surface area contributed by atoms with Crippen molar-refractivity contribution in [2.75, 3.05) is 0 Å². The molecule has 0 radical (unpaired) electrons. The Morgan fingerprint density at radius 3 is 2.44 bits per heavy atom. The highest BCUT2D eigenvalue weighted by atomic mass is 79.9. The molecule has 2 rings (SSSR count). The second-order valence-corrected chi connectivity index (χ2v) is 4.82. The molecule has 0 aliphatic rings. The lowest BCUT2D eigenvalue weighted by Crippen LogP contribution is -1.92. The Morgan fingerprint density at radius 2 is 1.78 bits per heavy atom. The van der Waals surface area contributed by atoms with Crippen molar-refractivity contribution < 1.29 is 9.13 Å². The van der Waals surface area contributed by atoms with Crippen molar-refractivity contribution in [3.05, 3.63) is 58.9 Å². The van der Waals surface area contributed by atoms with Crippen LogP contribution in [0.25, 0.3) is 0 Å². The molecule has 1 nitrogen and oxygen atoms in total. The van der Waals surface area contributed by atoms with E-state index in [2.05, 4.69) is 22.0 Å². The average molecular weight is 309 g/mol. The van der Waals surface area contributed by atoms with Gasteiger partial charge in [0.15, 0.2) is 0 Å². The first-order valence-electron chi connectivity index (χ1n) is 5.69. The minimum atomic E-state index is -0.246. The molecule has 2 aromatic rings. The maximum Gasteiger partial charge on any atom is 0.131 e. The third kappa shape index (κ3) is 2.91. The molecular formula is C15H14BrFO. The Kier molecular flexibility index (Phi) is 4.02. The Labute approximate surface area is 115 Å². The minimum absolute atomic E-state index is 0.246. The van der Waals surface area contributed by atoms with Crippen LogP contribution in [0.3, 0.4) is 0 Å². The summed E-state index contributed by atoms with van der Waals surface area (Å²) in [6.45, 7) is 3.87. The summed E-state index contributed by atoms with van der Waals surface area (Å²) in [6, 6.07) is 10.5. The summed E-state index contributed by atoms with van der Waals surface area (Å²) in [4.78, 5) is 0. The molecule has 94 valence electrons. The molecule has 0 fully saturated rings. The van der Waals surface area contributed by atoms with E-state index in [1.165, 1.54) is 17.7 Å². The van der Waals surface area contributed by atoms with Gasteiger partial charge >= 0.3 is 0 Å². The van der Waals surface area contributed by atoms with Crippen LogP contribution in [0.2, 0.25) is 0 Å². The number of benzene rings is 2. The molecule has 0 heterocycles. The fourth-order valence-electron chi connectivity index (χ4n) is 1.76. The van der Waals surface area contributed by atoms with Gasteiger partial charge in [-0.2, -0.15) is 0 Å². The highest BCUT2D eigenvalue weighted by Crippen LogP contribution is 2.30. The first-order valence-corrected chi connectivity index (χ1v) is 6.82. The topological polar surface area (TPSA) is 9.23 Å². The lowest BCUT2D eigenvalue weighted by molar-refractivity contribution is 0.472. The quantitative estimate of drug-likeness (QED) is 0.714. The van der Waals surface area contributed by atoms with E-state index in [1.807, 2.05) is 26.0 Å². The third-order valence-electron chi connectivity index (χ3n) is 2.72. The molecule has 0 bridgehead atoms. The highest BCUT2D eigenvalue weighted by Gasteiger charge is 2.07. The predicted molar refractivity (Wildman–Crippen MR) is 75.0 cm³/mol. The lowest BCUT2D eigenvalue weighted by Gasteiger charge is -2.12. The molecule has 0 spiro atoms. The van der Waals surface area contributed by atoms with Gasteiger partial charge in [-0.05, 0) is 43.7 Å². The largest absolute Gasteiger partial charge is 0.457 e. The average Bonchev–Trinajstić information content (AvgIpc) is 2.34. The predicted octanol–water partition coefficient (Wildman–Crippen LogP) is 5.13. The number of aryl methyl sites for hydroxylation is 2. The smallest absolute Gasteiger partial charge is 0.131 e. The monoisotopic (exact) mass is 308 g/mol. The summed E-state index contributed by atoms with van der Waals surface area (Å²) >= 11 is 3.45. The zero-order chi connectivity index (χ0) is 13.1. The molecule has 2 aromatic carbocycles. The lowest BCUT2D eigenvalue weighted by atomic mass is 10.1. The molecule has 0 saturated carbocycles. The van der Waals surface area contributed by atoms with E-state index in [1.54, 1.807) is 6.07 Å². The van der Waals surface area contributed by atoms with Gasteiger partial charge < -0.3 is 4.74 Å². The van der Waals surface area contributed by atoms with E-state index in [0.29, 0.717) is 5.75 Å². The number of ether oxygens (including phenoxy) is 1. The van der Waals surface area contributed by atoms with Gasteiger partial charge in [0.05, 0.1) is 0 Å². The van der Waals surface area contributed by atoms with E-state index in [4.69, 9.17) is 4.74 Å². The molecule has 0 saturated heterocycles. The van der Waals surface area contributed by atoms with Crippen molar-refractivity contribution >= 4 is 15.9 Å². The number of alkyl halides is 1. The van der Waals surface area contributed by atoms with Gasteiger partial charge in [0.1, 0.15) is 17.3 Å². The Hall–Kier alpha value is -1.35. The van der Waals surface area contributed by atoms with Crippen molar-refractivity contribution in [2.45, 2.75) is 19.2 Å². The zero-order valence-corrected chi connectivity index (χ0v) is 11.9. The van der Waals surface area contributed by atoms with Gasteiger partial charge in [0, 0.05) is 10.9 Å². The van der Waals surface area contributed by atoms with Crippen LogP contribution in [0.4, 0.5) is 4.39 Å². The van der Waals surface area contributed by atoms with Crippen LogP contribution in [0.1, 0.15) is 16.7 Å². The van der Waals surface area contributed by atoms with Gasteiger partial charge in [-0.3, -0.25) is 0 Å². The second-order valence-electron chi connectivity index (χ2n) is 4.26. The van der Waals surface area contributed by atoms with Crippen LogP contribution in [0, 0.1) is 19.7 Å². The fourth-order valence-corrected chi connectivity index (χ4v) is 2.20. The molecule has 3 heteroatoms. The van der Waals surface area contributed by atoms with Crippen molar-refractivity contribution in [1.29, 1.82) is 0 Å². The van der Waals surface area contributed by atoms with E-state index in [-0.39, 0.29) is 5.82 Å². The maximum atomic E-state index is 13.0. The Bertz CT molecular complexity index is 566. The summed E-state index contributed by atoms with van der Waals surface area (Å²) in [7, 11) is 0. The van der Waals surface area contributed by atoms with Crippen LogP contribution in [-0.2, 0) is 5.33 Å². The number of halogens is 2. The van der Waals surface area contributed by atoms with Gasteiger partial charge in [-0.1, -0.05) is 33.6 Å². The first-order chi connectivity index (χ1) is 8.60. The highest BCUT2D eigenvalue weighted by molar-refractivity contribution is 9.08. The maximum absolute atomic E-state index is 13.0. The molecule has 0 aliphatic heterocycles. The van der Waals surface area contributed by atoms with Crippen LogP contribution >= 0.6 is 15.9 Å². The zero-order valence-electron chi connectivity index (χ0n) is 10.3. The third-order valence-corrected chi connectivity index (χ3v) is 3.32. The van der Waals surface area contributed by atoms with Gasteiger partial charge in [0.25, 0.3) is 0 Å². The summed E-state index contributed by atoms with van der Waals surface area (Å²) < 4.78 is 18.9. The molecular weight excluding hydrogens is 295 g/mol. The summed E-state index contributed by atoms with van der Waals surface area (Å²) in [6.07, 6.45) is 0. The van der Waals surface area contributed by atoms with Crippen molar-refractivity contribution in [3.8, 4) is 11.5 Å². The van der Waals surface area contributed by atoms with E-state index >= 15 is 0 Å². The standard InChI is InChI=1S/C15H14BrFO/c1-10-3-5-15(12(7-10)9-16)18-14-6-4-13(17)8-11(14)2/h3-8H,9H2,1-2H3. The number of hydrogen-bond donors (Lipinski definition) is 0. The van der Waals surface area contributed by atoms with Crippen LogP contribution in [0.15, 0.2) is 36.4 Å². The normalized spacial score (nSPS) is 10.4. The number of rotatable bonds is 3. The van der Waals surface area contributed by atoms with Gasteiger partial charge in [-0.25, -0.2) is 4.39 Å². The molecule has 0 aliphatic carbocycles. The van der Waals surface area contributed by atoms with Crippen LogP contribution in [0.5, 0.6) is 11.5 Å². The molecule has 0 amide bonds. The second kappa shape index (κ2) is 5.53. The molecule has 0 atom stereocenters. The Balaban J connectivity index is 2.33. The SMILES string of the molecule is Cc1ccc(Oc2ccc(F)cc2C)c(CBr)c1. The molecule has 0 aromatic heterocycles. The van der Waals surface area contributed by atoms with Gasteiger partial charge in [-0.15, -0.1) is 0 Å². The van der Waals surface area contributed by atoms with Gasteiger partial charge in [0.2, 0.25) is 0 Å². The van der Waals surface area contributed by atoms with Crippen molar-refractivity contribution in [2.24, 2.45) is 0 Å². The summed E-state index contributed by atoms with van der Waals surface area (Å²) in [5, 5.41) is 0.726. The van der Waals surface area contributed by atoms with E-state index in [0.717, 1.165) is 22.2 Å².